The molecule has 6 heteroatoms. The maximum atomic E-state index is 13.4. The molecule has 2 fully saturated rings. The van der Waals surface area contributed by atoms with Crippen molar-refractivity contribution in [1.29, 1.82) is 0 Å². The fraction of sp³-hybridized carbons (Fsp3) is 0.348. The van der Waals surface area contributed by atoms with Crippen LogP contribution in [0.2, 0.25) is 0 Å². The van der Waals surface area contributed by atoms with Crippen molar-refractivity contribution >= 4 is 23.2 Å². The fourth-order valence-electron chi connectivity index (χ4n) is 4.53. The molecule has 4 heterocycles. The van der Waals surface area contributed by atoms with Crippen molar-refractivity contribution in [3.63, 3.8) is 0 Å². The number of anilines is 1. The van der Waals surface area contributed by atoms with E-state index in [4.69, 9.17) is 0 Å². The van der Waals surface area contributed by atoms with Crippen LogP contribution in [-0.2, 0) is 0 Å². The van der Waals surface area contributed by atoms with Crippen molar-refractivity contribution in [2.24, 2.45) is 5.92 Å². The van der Waals surface area contributed by atoms with Crippen LogP contribution in [0.1, 0.15) is 28.2 Å². The quantitative estimate of drug-likeness (QED) is 0.657. The normalized spacial score (nSPS) is 20.9. The van der Waals surface area contributed by atoms with Crippen LogP contribution >= 0.6 is 11.3 Å². The number of hydrogen-bond donors (Lipinski definition) is 0. The topological polar surface area (TPSA) is 49.3 Å². The molecule has 148 valence electrons. The van der Waals surface area contributed by atoms with Gasteiger partial charge in [0, 0.05) is 52.9 Å². The number of fused-ring (bicyclic) bond motifs is 1. The summed E-state index contributed by atoms with van der Waals surface area (Å²) in [7, 11) is 0. The van der Waals surface area contributed by atoms with E-state index in [0.29, 0.717) is 12.0 Å². The predicted molar refractivity (Wildman–Crippen MR) is 116 cm³/mol. The average molecular weight is 405 g/mol. The lowest BCUT2D eigenvalue weighted by atomic mass is 9.82. The number of carbonyl (C=O) groups excluding carboxylic acids is 1. The Morgan fingerprint density at radius 2 is 1.86 bits per heavy atom. The Morgan fingerprint density at radius 1 is 1.07 bits per heavy atom. The van der Waals surface area contributed by atoms with Crippen LogP contribution in [0.4, 0.5) is 5.95 Å². The van der Waals surface area contributed by atoms with Gasteiger partial charge in [-0.25, -0.2) is 9.97 Å². The molecule has 2 atom stereocenters. The Bertz CT molecular complexity index is 1030. The molecule has 2 aliphatic rings. The first-order chi connectivity index (χ1) is 14.1. The number of carbonyl (C=O) groups is 1. The monoisotopic (exact) mass is 404 g/mol. The molecular formula is C23H24N4OS. The van der Waals surface area contributed by atoms with Crippen LogP contribution in [0.3, 0.4) is 0 Å². The summed E-state index contributed by atoms with van der Waals surface area (Å²) in [5, 5.41) is 2.05. The van der Waals surface area contributed by atoms with E-state index in [2.05, 4.69) is 26.3 Å². The van der Waals surface area contributed by atoms with Gasteiger partial charge in [0.1, 0.15) is 0 Å². The molecule has 5 rings (SSSR count). The van der Waals surface area contributed by atoms with Crippen LogP contribution in [0.15, 0.2) is 47.8 Å². The number of piperidine rings is 1. The summed E-state index contributed by atoms with van der Waals surface area (Å²) in [5.74, 6) is 1.55. The van der Waals surface area contributed by atoms with Gasteiger partial charge in [0.2, 0.25) is 5.95 Å². The van der Waals surface area contributed by atoms with Crippen molar-refractivity contribution < 1.29 is 4.79 Å². The molecule has 0 bridgehead atoms. The van der Waals surface area contributed by atoms with Gasteiger partial charge >= 0.3 is 0 Å². The number of amides is 1. The number of rotatable bonds is 3. The Morgan fingerprint density at radius 3 is 2.62 bits per heavy atom. The number of nitrogens with zero attached hydrogens (tertiary/aromatic N) is 4. The molecular weight excluding hydrogens is 380 g/mol. The second-order valence-electron chi connectivity index (χ2n) is 7.99. The molecule has 2 unspecified atom stereocenters. The van der Waals surface area contributed by atoms with Crippen LogP contribution in [0, 0.1) is 19.8 Å². The minimum absolute atomic E-state index is 0.126. The van der Waals surface area contributed by atoms with Crippen LogP contribution in [0.25, 0.3) is 10.4 Å². The molecule has 29 heavy (non-hydrogen) atoms. The van der Waals surface area contributed by atoms with Gasteiger partial charge in [0.25, 0.3) is 5.91 Å². The maximum absolute atomic E-state index is 13.4. The summed E-state index contributed by atoms with van der Waals surface area (Å²) in [4.78, 5) is 28.1. The molecule has 1 amide bonds. The average Bonchev–Trinajstić information content (AvgIpc) is 3.22. The summed E-state index contributed by atoms with van der Waals surface area (Å²) in [5.41, 5.74) is 3.80. The van der Waals surface area contributed by atoms with Crippen molar-refractivity contribution in [3.8, 4) is 10.4 Å². The van der Waals surface area contributed by atoms with Gasteiger partial charge in [-0.05, 0) is 43.8 Å². The third-order valence-electron chi connectivity index (χ3n) is 6.01. The number of hydrogen-bond acceptors (Lipinski definition) is 5. The van der Waals surface area contributed by atoms with Crippen LogP contribution < -0.4 is 4.90 Å². The van der Waals surface area contributed by atoms with E-state index >= 15 is 0 Å². The van der Waals surface area contributed by atoms with E-state index in [1.165, 1.54) is 0 Å². The largest absolute Gasteiger partial charge is 0.337 e. The summed E-state index contributed by atoms with van der Waals surface area (Å²) < 4.78 is 0. The van der Waals surface area contributed by atoms with E-state index in [9.17, 15) is 4.79 Å². The first-order valence-corrected chi connectivity index (χ1v) is 11.0. The highest BCUT2D eigenvalue weighted by Gasteiger charge is 2.45. The highest BCUT2D eigenvalue weighted by Crippen LogP contribution is 2.36. The molecule has 0 spiro atoms. The molecule has 0 aliphatic carbocycles. The summed E-state index contributed by atoms with van der Waals surface area (Å²) in [6.07, 6.45) is 1.04. The lowest BCUT2D eigenvalue weighted by molar-refractivity contribution is 0.0590. The molecule has 0 N–H and O–H groups in total. The molecule has 0 saturated carbocycles. The number of aromatic nitrogens is 2. The molecule has 5 nitrogen and oxygen atoms in total. The lowest BCUT2D eigenvalue weighted by Gasteiger charge is -2.53. The molecule has 3 aromatic rings. The van der Waals surface area contributed by atoms with E-state index < -0.39 is 0 Å². The number of likely N-dealkylation sites (tertiary alicyclic amines) is 1. The van der Waals surface area contributed by atoms with Gasteiger partial charge in [-0.1, -0.05) is 24.3 Å². The predicted octanol–water partition coefficient (Wildman–Crippen LogP) is 4.17. The first-order valence-electron chi connectivity index (χ1n) is 10.1. The number of thiophene rings is 1. The lowest BCUT2D eigenvalue weighted by Crippen LogP contribution is -2.65. The Hall–Kier alpha value is -2.73. The Balaban J connectivity index is 1.38. The molecule has 2 aliphatic heterocycles. The van der Waals surface area contributed by atoms with E-state index in [0.717, 1.165) is 59.4 Å². The summed E-state index contributed by atoms with van der Waals surface area (Å²) in [6, 6.07) is 14.4. The Labute approximate surface area is 175 Å². The molecule has 1 aromatic carbocycles. The van der Waals surface area contributed by atoms with Crippen molar-refractivity contribution in [2.75, 3.05) is 24.5 Å². The molecule has 2 saturated heterocycles. The smallest absolute Gasteiger partial charge is 0.254 e. The standard InChI is InChI=1S/C23H24N4OS/c1-15-12-16(2)25-23(24-15)27-13-17-9-10-26(14-20(17)27)22(28)19-7-4-3-6-18(19)21-8-5-11-29-21/h3-8,11-12,17,20H,9-10,13-14H2,1-2H3. The molecule has 2 aromatic heterocycles. The Kier molecular flexibility index (Phi) is 4.59. The third kappa shape index (κ3) is 3.31. The maximum Gasteiger partial charge on any atom is 0.254 e. The van der Waals surface area contributed by atoms with E-state index in [1.54, 1.807) is 11.3 Å². The molecule has 0 radical (unpaired) electrons. The third-order valence-corrected chi connectivity index (χ3v) is 6.91. The second kappa shape index (κ2) is 7.26. The van der Waals surface area contributed by atoms with Gasteiger partial charge in [-0.2, -0.15) is 0 Å². The fourth-order valence-corrected chi connectivity index (χ4v) is 5.30. The van der Waals surface area contributed by atoms with Crippen molar-refractivity contribution in [3.05, 3.63) is 64.8 Å². The second-order valence-corrected chi connectivity index (χ2v) is 8.94. The van der Waals surface area contributed by atoms with Crippen LogP contribution in [-0.4, -0.2) is 46.5 Å². The van der Waals surface area contributed by atoms with Gasteiger partial charge in [-0.3, -0.25) is 4.79 Å². The van der Waals surface area contributed by atoms with Gasteiger partial charge in [0.15, 0.2) is 0 Å². The van der Waals surface area contributed by atoms with Gasteiger partial charge in [-0.15, -0.1) is 11.3 Å². The minimum Gasteiger partial charge on any atom is -0.337 e. The van der Waals surface area contributed by atoms with Crippen LogP contribution in [0.5, 0.6) is 0 Å². The van der Waals surface area contributed by atoms with Crippen molar-refractivity contribution in [2.45, 2.75) is 26.3 Å². The van der Waals surface area contributed by atoms with Gasteiger partial charge in [0.05, 0.1) is 6.04 Å². The van der Waals surface area contributed by atoms with Gasteiger partial charge < -0.3 is 9.80 Å². The highest BCUT2D eigenvalue weighted by molar-refractivity contribution is 7.13. The number of aryl methyl sites for hydroxylation is 2. The zero-order valence-electron chi connectivity index (χ0n) is 16.7. The van der Waals surface area contributed by atoms with E-state index in [-0.39, 0.29) is 5.91 Å². The minimum atomic E-state index is 0.126. The summed E-state index contributed by atoms with van der Waals surface area (Å²) >= 11 is 1.67. The number of benzene rings is 1. The zero-order chi connectivity index (χ0) is 20.0. The summed E-state index contributed by atoms with van der Waals surface area (Å²) in [6.45, 7) is 6.56. The van der Waals surface area contributed by atoms with Crippen molar-refractivity contribution in [1.82, 2.24) is 14.9 Å². The highest BCUT2D eigenvalue weighted by atomic mass is 32.1. The first kappa shape index (κ1) is 18.3. The van der Waals surface area contributed by atoms with E-state index in [1.807, 2.05) is 55.1 Å². The zero-order valence-corrected chi connectivity index (χ0v) is 17.5. The SMILES string of the molecule is Cc1cc(C)nc(N2CC3CCN(C(=O)c4ccccc4-c4cccs4)CC32)n1.